The van der Waals surface area contributed by atoms with Crippen molar-refractivity contribution in [3.63, 3.8) is 0 Å². The van der Waals surface area contributed by atoms with E-state index in [4.69, 9.17) is 0 Å². The normalized spacial score (nSPS) is 20.5. The van der Waals surface area contributed by atoms with Crippen molar-refractivity contribution in [3.05, 3.63) is 58.9 Å². The van der Waals surface area contributed by atoms with Gasteiger partial charge in [0.15, 0.2) is 0 Å². The number of aromatic nitrogens is 1. The minimum Gasteiger partial charge on any atom is -0.366 e. The Kier molecular flexibility index (Phi) is 8.22. The highest BCUT2D eigenvalue weighted by atomic mass is 35.5. The largest absolute Gasteiger partial charge is 0.366 e. The van der Waals surface area contributed by atoms with Crippen LogP contribution in [0.2, 0.25) is 0 Å². The molecule has 0 aliphatic carbocycles. The highest BCUT2D eigenvalue weighted by Gasteiger charge is 2.43. The molecule has 3 heterocycles. The average molecular weight is 417 g/mol. The van der Waals surface area contributed by atoms with E-state index in [1.807, 2.05) is 13.1 Å². The summed E-state index contributed by atoms with van der Waals surface area (Å²) in [6.07, 6.45) is 3.09. The van der Waals surface area contributed by atoms with Gasteiger partial charge in [0, 0.05) is 49.2 Å². The van der Waals surface area contributed by atoms with Gasteiger partial charge in [-0.15, -0.1) is 37.2 Å². The number of likely N-dealkylation sites (N-methyl/N-ethyl adjacent to an activating group) is 1. The van der Waals surface area contributed by atoms with E-state index >= 15 is 0 Å². The standard InChI is InChI=1S/C20H25N3.3ClH/c1-14-4-7-19-17(10-14)18-12-22(3)13-20(18)23(19)9-8-16-6-5-15(2)21-11-16;;;/h4-7,10-11,18,20H,8-9,12-13H2,1-3H3;3*1H/t18-,20-;;;/m1.../s1. The van der Waals surface area contributed by atoms with Crippen LogP contribution < -0.4 is 4.90 Å². The van der Waals surface area contributed by atoms with Crippen LogP contribution in [0.3, 0.4) is 0 Å². The molecule has 1 fully saturated rings. The Morgan fingerprint density at radius 1 is 1.04 bits per heavy atom. The number of halogens is 3. The fraction of sp³-hybridized carbons (Fsp3) is 0.450. The van der Waals surface area contributed by atoms with Crippen molar-refractivity contribution in [2.45, 2.75) is 32.2 Å². The van der Waals surface area contributed by atoms with Crippen LogP contribution >= 0.6 is 37.2 Å². The molecule has 26 heavy (non-hydrogen) atoms. The van der Waals surface area contributed by atoms with Gasteiger partial charge in [0.1, 0.15) is 0 Å². The second-order valence-electron chi connectivity index (χ2n) is 7.21. The number of hydrogen-bond acceptors (Lipinski definition) is 3. The zero-order valence-corrected chi connectivity index (χ0v) is 18.0. The number of anilines is 1. The van der Waals surface area contributed by atoms with Gasteiger partial charge >= 0.3 is 0 Å². The predicted molar refractivity (Wildman–Crippen MR) is 117 cm³/mol. The molecule has 1 aromatic heterocycles. The maximum absolute atomic E-state index is 4.43. The molecular formula is C20H28Cl3N3. The van der Waals surface area contributed by atoms with Crippen LogP contribution in [0.4, 0.5) is 5.69 Å². The predicted octanol–water partition coefficient (Wildman–Crippen LogP) is 4.42. The smallest absolute Gasteiger partial charge is 0.0498 e. The molecule has 2 aromatic rings. The summed E-state index contributed by atoms with van der Waals surface area (Å²) in [6.45, 7) is 7.68. The number of rotatable bonds is 3. The summed E-state index contributed by atoms with van der Waals surface area (Å²) in [4.78, 5) is 9.55. The molecule has 0 unspecified atom stereocenters. The summed E-state index contributed by atoms with van der Waals surface area (Å²) >= 11 is 0. The number of nitrogens with zero attached hydrogens (tertiary/aromatic N) is 3. The van der Waals surface area contributed by atoms with Gasteiger partial charge in [0.05, 0.1) is 0 Å². The van der Waals surface area contributed by atoms with Crippen molar-refractivity contribution in [3.8, 4) is 0 Å². The van der Waals surface area contributed by atoms with Gasteiger partial charge in [-0.1, -0.05) is 23.8 Å². The molecule has 0 N–H and O–H groups in total. The van der Waals surface area contributed by atoms with E-state index in [0.717, 1.165) is 18.7 Å². The van der Waals surface area contributed by atoms with Crippen LogP contribution in [0, 0.1) is 13.8 Å². The number of hydrogen-bond donors (Lipinski definition) is 0. The zero-order valence-electron chi connectivity index (χ0n) is 15.5. The molecule has 144 valence electrons. The number of aryl methyl sites for hydroxylation is 2. The number of benzene rings is 1. The van der Waals surface area contributed by atoms with E-state index in [2.05, 4.69) is 59.1 Å². The van der Waals surface area contributed by atoms with E-state index in [0.29, 0.717) is 12.0 Å². The molecule has 0 radical (unpaired) electrons. The van der Waals surface area contributed by atoms with Gasteiger partial charge in [-0.05, 0) is 50.6 Å². The molecule has 3 nitrogen and oxygen atoms in total. The molecule has 2 aliphatic heterocycles. The van der Waals surface area contributed by atoms with Gasteiger partial charge in [0.2, 0.25) is 0 Å². The lowest BCUT2D eigenvalue weighted by Gasteiger charge is -2.27. The summed E-state index contributed by atoms with van der Waals surface area (Å²) in [5, 5.41) is 0. The van der Waals surface area contributed by atoms with E-state index in [9.17, 15) is 0 Å². The Morgan fingerprint density at radius 2 is 1.81 bits per heavy atom. The lowest BCUT2D eigenvalue weighted by Crippen LogP contribution is -2.37. The van der Waals surface area contributed by atoms with E-state index < -0.39 is 0 Å². The van der Waals surface area contributed by atoms with Crippen molar-refractivity contribution in [2.75, 3.05) is 31.6 Å². The summed E-state index contributed by atoms with van der Waals surface area (Å²) < 4.78 is 0. The van der Waals surface area contributed by atoms with Crippen LogP contribution in [0.5, 0.6) is 0 Å². The Labute approximate surface area is 175 Å². The SMILES string of the molecule is Cc1ccc2c(c1)[C@H]1CN(C)C[C@H]1N2CCc1ccc(C)nc1.Cl.Cl.Cl. The van der Waals surface area contributed by atoms with Crippen LogP contribution in [0.25, 0.3) is 0 Å². The van der Waals surface area contributed by atoms with E-state index in [1.54, 1.807) is 5.56 Å². The third-order valence-electron chi connectivity index (χ3n) is 5.38. The minimum atomic E-state index is 0. The molecule has 0 saturated carbocycles. The Bertz CT molecular complexity index is 721. The quantitative estimate of drug-likeness (QED) is 0.738. The summed E-state index contributed by atoms with van der Waals surface area (Å²) in [7, 11) is 2.25. The Morgan fingerprint density at radius 3 is 2.50 bits per heavy atom. The number of fused-ring (bicyclic) bond motifs is 3. The molecule has 4 rings (SSSR count). The van der Waals surface area contributed by atoms with Crippen LogP contribution in [-0.4, -0.2) is 42.6 Å². The van der Waals surface area contributed by atoms with Crippen LogP contribution in [-0.2, 0) is 6.42 Å². The fourth-order valence-corrected chi connectivity index (χ4v) is 4.19. The van der Waals surface area contributed by atoms with Crippen molar-refractivity contribution in [1.29, 1.82) is 0 Å². The molecule has 2 aliphatic rings. The van der Waals surface area contributed by atoms with E-state index in [-0.39, 0.29) is 37.2 Å². The van der Waals surface area contributed by atoms with Crippen LogP contribution in [0.1, 0.15) is 28.3 Å². The third kappa shape index (κ3) is 4.28. The van der Waals surface area contributed by atoms with Crippen molar-refractivity contribution in [2.24, 2.45) is 0 Å². The van der Waals surface area contributed by atoms with Crippen molar-refractivity contribution in [1.82, 2.24) is 9.88 Å². The highest BCUT2D eigenvalue weighted by Crippen LogP contribution is 2.44. The van der Waals surface area contributed by atoms with Gasteiger partial charge in [-0.2, -0.15) is 0 Å². The lowest BCUT2D eigenvalue weighted by molar-refractivity contribution is 0.403. The van der Waals surface area contributed by atoms with E-state index in [1.165, 1.54) is 29.9 Å². The lowest BCUT2D eigenvalue weighted by atomic mass is 9.97. The maximum atomic E-state index is 4.43. The zero-order chi connectivity index (χ0) is 16.0. The first-order valence-corrected chi connectivity index (χ1v) is 8.59. The summed E-state index contributed by atoms with van der Waals surface area (Å²) in [5.41, 5.74) is 6.81. The first kappa shape index (κ1) is 23.0. The molecule has 2 atom stereocenters. The van der Waals surface area contributed by atoms with Crippen molar-refractivity contribution >= 4 is 42.9 Å². The summed E-state index contributed by atoms with van der Waals surface area (Å²) in [6, 6.07) is 11.9. The monoisotopic (exact) mass is 415 g/mol. The average Bonchev–Trinajstić information content (AvgIpc) is 3.03. The molecule has 0 bridgehead atoms. The molecule has 0 spiro atoms. The van der Waals surface area contributed by atoms with Gasteiger partial charge < -0.3 is 9.80 Å². The molecule has 6 heteroatoms. The van der Waals surface area contributed by atoms with Gasteiger partial charge in [0.25, 0.3) is 0 Å². The topological polar surface area (TPSA) is 19.4 Å². The van der Waals surface area contributed by atoms with Gasteiger partial charge in [-0.3, -0.25) is 4.98 Å². The second kappa shape index (κ2) is 9.27. The minimum absolute atomic E-state index is 0. The van der Waals surface area contributed by atoms with Gasteiger partial charge in [-0.25, -0.2) is 0 Å². The molecule has 1 aromatic carbocycles. The first-order chi connectivity index (χ1) is 11.1. The number of likely N-dealkylation sites (tertiary alicyclic amines) is 1. The molecular weight excluding hydrogens is 389 g/mol. The highest BCUT2D eigenvalue weighted by molar-refractivity contribution is 5.86. The number of pyridine rings is 1. The molecule has 1 saturated heterocycles. The second-order valence-corrected chi connectivity index (χ2v) is 7.21. The van der Waals surface area contributed by atoms with Crippen LogP contribution in [0.15, 0.2) is 36.5 Å². The Balaban J connectivity index is 0.00000113. The van der Waals surface area contributed by atoms with Crippen molar-refractivity contribution < 1.29 is 0 Å². The third-order valence-corrected chi connectivity index (χ3v) is 5.38. The maximum Gasteiger partial charge on any atom is 0.0498 e. The fourth-order valence-electron chi connectivity index (χ4n) is 4.19. The molecule has 0 amide bonds. The first-order valence-electron chi connectivity index (χ1n) is 8.59. The summed E-state index contributed by atoms with van der Waals surface area (Å²) in [5.74, 6) is 0.672. The Hall–Kier alpha value is -1.000.